The van der Waals surface area contributed by atoms with Crippen LogP contribution in [0.3, 0.4) is 0 Å². The Morgan fingerprint density at radius 1 is 1.14 bits per heavy atom. The maximum absolute atomic E-state index is 11.6. The summed E-state index contributed by atoms with van der Waals surface area (Å²) in [5.74, 6) is 1.73. The Morgan fingerprint density at radius 3 is 2.68 bits per heavy atom. The molecule has 116 valence electrons. The minimum Gasteiger partial charge on any atom is -0.487 e. The molecule has 1 fully saturated rings. The van der Waals surface area contributed by atoms with Crippen LogP contribution in [0.15, 0.2) is 27.4 Å². The highest BCUT2D eigenvalue weighted by molar-refractivity contribution is 5.82. The number of aryl methyl sites for hydroxylation is 2. The molecule has 0 unspecified atom stereocenters. The summed E-state index contributed by atoms with van der Waals surface area (Å²) in [6.07, 6.45) is 6.94. The number of hydrogen-bond acceptors (Lipinski definition) is 3. The van der Waals surface area contributed by atoms with E-state index in [1.807, 2.05) is 13.0 Å². The standard InChI is InChI=1S/C19H22O3/c1-12-3-6-19(7-4-12)8-5-14-10-15-13(2)9-18(20)21-17(15)11-16(14)22-19/h9-12H,3-8H2,1-2H3. The van der Waals surface area contributed by atoms with Crippen LogP contribution >= 0.6 is 0 Å². The van der Waals surface area contributed by atoms with Crippen LogP contribution in [0.4, 0.5) is 0 Å². The van der Waals surface area contributed by atoms with Crippen molar-refractivity contribution in [3.05, 3.63) is 39.7 Å². The van der Waals surface area contributed by atoms with E-state index in [1.54, 1.807) is 6.07 Å². The molecule has 1 aliphatic heterocycles. The molecule has 1 aromatic carbocycles. The first kappa shape index (κ1) is 13.9. The Balaban J connectivity index is 1.75. The molecule has 1 aliphatic carbocycles. The Labute approximate surface area is 130 Å². The van der Waals surface area contributed by atoms with Gasteiger partial charge in [-0.15, -0.1) is 0 Å². The van der Waals surface area contributed by atoms with Gasteiger partial charge in [-0.1, -0.05) is 6.92 Å². The predicted molar refractivity (Wildman–Crippen MR) is 86.5 cm³/mol. The summed E-state index contributed by atoms with van der Waals surface area (Å²) in [5, 5.41) is 1.02. The summed E-state index contributed by atoms with van der Waals surface area (Å²) in [6, 6.07) is 5.63. The second kappa shape index (κ2) is 4.87. The van der Waals surface area contributed by atoms with Crippen molar-refractivity contribution in [2.45, 2.75) is 58.0 Å². The van der Waals surface area contributed by atoms with Crippen LogP contribution in [-0.2, 0) is 6.42 Å². The van der Waals surface area contributed by atoms with E-state index in [0.29, 0.717) is 5.58 Å². The van der Waals surface area contributed by atoms with Gasteiger partial charge in [0.1, 0.15) is 16.9 Å². The lowest BCUT2D eigenvalue weighted by molar-refractivity contribution is -0.000192. The summed E-state index contributed by atoms with van der Waals surface area (Å²) in [7, 11) is 0. The molecule has 1 spiro atoms. The molecule has 0 amide bonds. The monoisotopic (exact) mass is 298 g/mol. The van der Waals surface area contributed by atoms with E-state index in [4.69, 9.17) is 9.15 Å². The van der Waals surface area contributed by atoms with Gasteiger partial charge in [-0.3, -0.25) is 0 Å². The van der Waals surface area contributed by atoms with Crippen molar-refractivity contribution >= 4 is 11.0 Å². The highest BCUT2D eigenvalue weighted by Gasteiger charge is 2.39. The zero-order valence-electron chi connectivity index (χ0n) is 13.3. The molecule has 0 radical (unpaired) electrons. The van der Waals surface area contributed by atoms with Crippen molar-refractivity contribution in [3.63, 3.8) is 0 Å². The molecule has 1 saturated carbocycles. The molecular formula is C19H22O3. The summed E-state index contributed by atoms with van der Waals surface area (Å²) >= 11 is 0. The van der Waals surface area contributed by atoms with Gasteiger partial charge in [0, 0.05) is 17.5 Å². The minimum atomic E-state index is -0.290. The second-order valence-electron chi connectivity index (χ2n) is 7.17. The van der Waals surface area contributed by atoms with Gasteiger partial charge < -0.3 is 9.15 Å². The molecule has 3 heteroatoms. The van der Waals surface area contributed by atoms with Gasteiger partial charge in [0.2, 0.25) is 0 Å². The quantitative estimate of drug-likeness (QED) is 0.678. The third kappa shape index (κ3) is 2.23. The van der Waals surface area contributed by atoms with Crippen LogP contribution in [0, 0.1) is 12.8 Å². The first-order chi connectivity index (χ1) is 10.5. The molecule has 1 aromatic heterocycles. The molecular weight excluding hydrogens is 276 g/mol. The number of ether oxygens (including phenoxy) is 1. The smallest absolute Gasteiger partial charge is 0.336 e. The zero-order chi connectivity index (χ0) is 15.3. The van der Waals surface area contributed by atoms with Gasteiger partial charge in [0.15, 0.2) is 0 Å². The maximum Gasteiger partial charge on any atom is 0.336 e. The van der Waals surface area contributed by atoms with Crippen LogP contribution in [0.25, 0.3) is 11.0 Å². The van der Waals surface area contributed by atoms with Crippen LogP contribution in [0.2, 0.25) is 0 Å². The fraction of sp³-hybridized carbons (Fsp3) is 0.526. The van der Waals surface area contributed by atoms with Crippen molar-refractivity contribution in [1.29, 1.82) is 0 Å². The minimum absolute atomic E-state index is 0.0112. The molecule has 2 heterocycles. The fourth-order valence-electron chi connectivity index (χ4n) is 3.97. The van der Waals surface area contributed by atoms with E-state index in [0.717, 1.165) is 48.3 Å². The van der Waals surface area contributed by atoms with Gasteiger partial charge in [0.25, 0.3) is 0 Å². The Hall–Kier alpha value is -1.77. The van der Waals surface area contributed by atoms with Gasteiger partial charge in [-0.05, 0) is 68.6 Å². The molecule has 4 rings (SSSR count). The van der Waals surface area contributed by atoms with Gasteiger partial charge >= 0.3 is 5.63 Å². The molecule has 0 bridgehead atoms. The SMILES string of the molecule is Cc1cc(=O)oc2cc3c(cc12)CCC1(CCC(C)CC1)O3. The van der Waals surface area contributed by atoms with E-state index in [2.05, 4.69) is 13.0 Å². The van der Waals surface area contributed by atoms with Gasteiger partial charge in [0.05, 0.1) is 0 Å². The average Bonchev–Trinajstić information content (AvgIpc) is 2.49. The zero-order valence-corrected chi connectivity index (χ0v) is 13.3. The van der Waals surface area contributed by atoms with Crippen LogP contribution in [-0.4, -0.2) is 5.60 Å². The van der Waals surface area contributed by atoms with Crippen molar-refractivity contribution < 1.29 is 9.15 Å². The van der Waals surface area contributed by atoms with Crippen LogP contribution in [0.1, 0.15) is 50.2 Å². The Morgan fingerprint density at radius 2 is 1.91 bits per heavy atom. The molecule has 3 nitrogen and oxygen atoms in total. The summed E-state index contributed by atoms with van der Waals surface area (Å²) in [6.45, 7) is 4.29. The van der Waals surface area contributed by atoms with E-state index >= 15 is 0 Å². The summed E-state index contributed by atoms with van der Waals surface area (Å²) < 4.78 is 11.8. The maximum atomic E-state index is 11.6. The van der Waals surface area contributed by atoms with Crippen LogP contribution < -0.4 is 10.4 Å². The average molecular weight is 298 g/mol. The molecule has 0 saturated heterocycles. The lowest BCUT2D eigenvalue weighted by Gasteiger charge is -2.43. The number of hydrogen-bond donors (Lipinski definition) is 0. The lowest BCUT2D eigenvalue weighted by Crippen LogP contribution is -2.42. The molecule has 0 atom stereocenters. The molecule has 22 heavy (non-hydrogen) atoms. The third-order valence-electron chi connectivity index (χ3n) is 5.49. The van der Waals surface area contributed by atoms with Gasteiger partial charge in [-0.25, -0.2) is 4.79 Å². The highest BCUT2D eigenvalue weighted by Crippen LogP contribution is 2.44. The van der Waals surface area contributed by atoms with E-state index in [1.165, 1.54) is 18.4 Å². The van der Waals surface area contributed by atoms with E-state index in [-0.39, 0.29) is 11.2 Å². The first-order valence-corrected chi connectivity index (χ1v) is 8.31. The normalized spacial score (nSPS) is 27.6. The summed E-state index contributed by atoms with van der Waals surface area (Å²) in [4.78, 5) is 11.6. The lowest BCUT2D eigenvalue weighted by atomic mass is 9.75. The first-order valence-electron chi connectivity index (χ1n) is 8.31. The predicted octanol–water partition coefficient (Wildman–Crippen LogP) is 4.38. The van der Waals surface area contributed by atoms with E-state index in [9.17, 15) is 4.79 Å². The topological polar surface area (TPSA) is 39.4 Å². The largest absolute Gasteiger partial charge is 0.487 e. The van der Waals surface area contributed by atoms with Crippen molar-refractivity contribution in [2.75, 3.05) is 0 Å². The number of rotatable bonds is 0. The van der Waals surface area contributed by atoms with Crippen LogP contribution in [0.5, 0.6) is 5.75 Å². The van der Waals surface area contributed by atoms with E-state index < -0.39 is 0 Å². The summed E-state index contributed by atoms with van der Waals surface area (Å²) in [5.41, 5.74) is 2.58. The Bertz CT molecular complexity index is 779. The number of benzene rings is 1. The molecule has 2 aromatic rings. The van der Waals surface area contributed by atoms with Crippen molar-refractivity contribution in [3.8, 4) is 5.75 Å². The van der Waals surface area contributed by atoms with Crippen molar-refractivity contribution in [2.24, 2.45) is 5.92 Å². The molecule has 0 N–H and O–H groups in total. The Kier molecular flexibility index (Phi) is 3.07. The van der Waals surface area contributed by atoms with Crippen molar-refractivity contribution in [1.82, 2.24) is 0 Å². The molecule has 2 aliphatic rings. The second-order valence-corrected chi connectivity index (χ2v) is 7.17. The van der Waals surface area contributed by atoms with Gasteiger partial charge in [-0.2, -0.15) is 0 Å². The number of fused-ring (bicyclic) bond motifs is 2. The third-order valence-corrected chi connectivity index (χ3v) is 5.49. The highest BCUT2D eigenvalue weighted by atomic mass is 16.5. The fourth-order valence-corrected chi connectivity index (χ4v) is 3.97.